The van der Waals surface area contributed by atoms with Crippen molar-refractivity contribution in [1.29, 1.82) is 0 Å². The second-order valence-corrected chi connectivity index (χ2v) is 9.69. The number of aryl methyl sites for hydroxylation is 1. The fourth-order valence-corrected chi connectivity index (χ4v) is 4.16. The van der Waals surface area contributed by atoms with Crippen molar-refractivity contribution in [1.82, 2.24) is 10.3 Å². The van der Waals surface area contributed by atoms with E-state index in [2.05, 4.69) is 74.1 Å². The van der Waals surface area contributed by atoms with Crippen molar-refractivity contribution in [2.24, 2.45) is 0 Å². The summed E-state index contributed by atoms with van der Waals surface area (Å²) in [5, 5.41) is 2.95. The second kappa shape index (κ2) is 16.2. The Balaban J connectivity index is 1.55. The number of aromatic amines is 1. The monoisotopic (exact) mass is 478 g/mol. The van der Waals surface area contributed by atoms with E-state index >= 15 is 0 Å². The summed E-state index contributed by atoms with van der Waals surface area (Å²) in [5.74, 6) is -0.0784. The SMILES string of the molecule is CC(=CCCC(C)=CCNC(=O)c1ccccc1S)CCC=C(C)CCCCCc1ccc[nH]1. The van der Waals surface area contributed by atoms with Crippen LogP contribution in [-0.2, 0) is 6.42 Å². The third-order valence-electron chi connectivity index (χ3n) is 6.10. The lowest BCUT2D eigenvalue weighted by Gasteiger charge is -2.06. The lowest BCUT2D eigenvalue weighted by molar-refractivity contribution is 0.0955. The summed E-state index contributed by atoms with van der Waals surface area (Å²) in [6.07, 6.45) is 19.4. The van der Waals surface area contributed by atoms with Crippen LogP contribution in [-0.4, -0.2) is 17.4 Å². The standard InChI is InChI=1S/C30H42N2OS/c1-24(12-5-4-6-17-27-18-11-22-31-27)13-9-14-25(2)15-10-16-26(3)21-23-32-30(33)28-19-7-8-20-29(28)34/h7-8,11,13,15,18-22,31,34H,4-6,9-10,12,14,16-17,23H2,1-3H3,(H,32,33). The normalized spacial score (nSPS) is 12.8. The number of unbranched alkanes of at least 4 members (excludes halogenated alkanes) is 2. The summed E-state index contributed by atoms with van der Waals surface area (Å²) >= 11 is 4.35. The number of nitrogens with one attached hydrogen (secondary N) is 2. The summed E-state index contributed by atoms with van der Waals surface area (Å²) < 4.78 is 0. The molecule has 0 atom stereocenters. The van der Waals surface area contributed by atoms with Crippen LogP contribution in [0.4, 0.5) is 0 Å². The van der Waals surface area contributed by atoms with Gasteiger partial charge in [0.2, 0.25) is 0 Å². The van der Waals surface area contributed by atoms with Crippen molar-refractivity contribution in [2.45, 2.75) is 83.5 Å². The smallest absolute Gasteiger partial charge is 0.252 e. The molecule has 1 aromatic heterocycles. The molecule has 4 heteroatoms. The molecule has 0 aliphatic rings. The van der Waals surface area contributed by atoms with Gasteiger partial charge in [0.1, 0.15) is 0 Å². The maximum atomic E-state index is 12.2. The number of carbonyl (C=O) groups excluding carboxylic acids is 1. The Labute approximate surface area is 212 Å². The molecular weight excluding hydrogens is 436 g/mol. The van der Waals surface area contributed by atoms with E-state index in [0.29, 0.717) is 17.0 Å². The highest BCUT2D eigenvalue weighted by Crippen LogP contribution is 2.15. The lowest BCUT2D eigenvalue weighted by atomic mass is 10.0. The third kappa shape index (κ3) is 11.6. The predicted molar refractivity (Wildman–Crippen MR) is 149 cm³/mol. The average Bonchev–Trinajstić information content (AvgIpc) is 3.32. The van der Waals surface area contributed by atoms with E-state index in [1.165, 1.54) is 48.1 Å². The molecule has 0 aliphatic heterocycles. The van der Waals surface area contributed by atoms with Gasteiger partial charge < -0.3 is 10.3 Å². The van der Waals surface area contributed by atoms with E-state index in [0.717, 1.165) is 32.1 Å². The van der Waals surface area contributed by atoms with Crippen LogP contribution in [0.15, 0.2) is 82.4 Å². The molecule has 2 aromatic rings. The highest BCUT2D eigenvalue weighted by Gasteiger charge is 2.06. The number of allylic oxidation sites excluding steroid dienone is 5. The fourth-order valence-electron chi connectivity index (χ4n) is 3.90. The molecule has 0 fully saturated rings. The first kappa shape index (κ1) is 27.8. The van der Waals surface area contributed by atoms with Crippen LogP contribution in [0, 0.1) is 0 Å². The predicted octanol–water partition coefficient (Wildman–Crippen LogP) is 8.24. The molecule has 0 radical (unpaired) electrons. The summed E-state index contributed by atoms with van der Waals surface area (Å²) in [7, 11) is 0. The van der Waals surface area contributed by atoms with Gasteiger partial charge in [0.15, 0.2) is 0 Å². The number of amides is 1. The highest BCUT2D eigenvalue weighted by atomic mass is 32.1. The summed E-state index contributed by atoms with van der Waals surface area (Å²) in [4.78, 5) is 16.2. The van der Waals surface area contributed by atoms with Crippen LogP contribution in [0.25, 0.3) is 0 Å². The van der Waals surface area contributed by atoms with Gasteiger partial charge in [-0.15, -0.1) is 12.6 Å². The van der Waals surface area contributed by atoms with Gasteiger partial charge in [-0.3, -0.25) is 4.79 Å². The summed E-state index contributed by atoms with van der Waals surface area (Å²) in [6, 6.07) is 11.6. The molecule has 0 bridgehead atoms. The third-order valence-corrected chi connectivity index (χ3v) is 6.49. The van der Waals surface area contributed by atoms with Crippen molar-refractivity contribution in [3.63, 3.8) is 0 Å². The molecule has 0 spiro atoms. The van der Waals surface area contributed by atoms with E-state index in [9.17, 15) is 4.79 Å². The number of benzene rings is 1. The zero-order chi connectivity index (χ0) is 24.6. The van der Waals surface area contributed by atoms with Crippen molar-refractivity contribution < 1.29 is 4.79 Å². The number of thiol groups is 1. The maximum absolute atomic E-state index is 12.2. The summed E-state index contributed by atoms with van der Waals surface area (Å²) in [6.45, 7) is 7.18. The van der Waals surface area contributed by atoms with Crippen molar-refractivity contribution in [2.75, 3.05) is 6.54 Å². The zero-order valence-electron chi connectivity index (χ0n) is 21.2. The first-order valence-electron chi connectivity index (χ1n) is 12.6. The van der Waals surface area contributed by atoms with Crippen LogP contribution in [0.2, 0.25) is 0 Å². The molecule has 34 heavy (non-hydrogen) atoms. The van der Waals surface area contributed by atoms with Crippen molar-refractivity contribution >= 4 is 18.5 Å². The quantitative estimate of drug-likeness (QED) is 0.135. The molecule has 184 valence electrons. The largest absolute Gasteiger partial charge is 0.365 e. The van der Waals surface area contributed by atoms with Crippen molar-refractivity contribution in [3.8, 4) is 0 Å². The molecule has 1 heterocycles. The first-order valence-corrected chi connectivity index (χ1v) is 13.1. The fraction of sp³-hybridized carbons (Fsp3) is 0.433. The molecule has 0 unspecified atom stereocenters. The Kier molecular flexibility index (Phi) is 13.2. The van der Waals surface area contributed by atoms with Crippen LogP contribution in [0.1, 0.15) is 88.2 Å². The van der Waals surface area contributed by atoms with Gasteiger partial charge in [0.25, 0.3) is 5.91 Å². The lowest BCUT2D eigenvalue weighted by Crippen LogP contribution is -2.23. The number of hydrogen-bond acceptors (Lipinski definition) is 2. The van der Waals surface area contributed by atoms with Gasteiger partial charge in [-0.1, -0.05) is 53.5 Å². The number of hydrogen-bond donors (Lipinski definition) is 3. The number of rotatable bonds is 15. The Morgan fingerprint density at radius 2 is 1.53 bits per heavy atom. The summed E-state index contributed by atoms with van der Waals surface area (Å²) in [5.41, 5.74) is 6.25. The Bertz CT molecular complexity index is 954. The van der Waals surface area contributed by atoms with Gasteiger partial charge in [0.05, 0.1) is 5.56 Å². The van der Waals surface area contributed by atoms with Gasteiger partial charge in [-0.05, 0) is 96.4 Å². The van der Waals surface area contributed by atoms with Gasteiger partial charge in [-0.2, -0.15) is 0 Å². The van der Waals surface area contributed by atoms with Crippen LogP contribution in [0.3, 0.4) is 0 Å². The zero-order valence-corrected chi connectivity index (χ0v) is 22.1. The minimum absolute atomic E-state index is 0.0784. The first-order chi connectivity index (χ1) is 16.5. The molecule has 0 saturated heterocycles. The van der Waals surface area contributed by atoms with Gasteiger partial charge in [-0.25, -0.2) is 0 Å². The van der Waals surface area contributed by atoms with Crippen LogP contribution in [0.5, 0.6) is 0 Å². The van der Waals surface area contributed by atoms with E-state index < -0.39 is 0 Å². The maximum Gasteiger partial charge on any atom is 0.252 e. The number of aromatic nitrogens is 1. The number of H-pyrrole nitrogens is 1. The molecule has 1 aromatic carbocycles. The topological polar surface area (TPSA) is 44.9 Å². The van der Waals surface area contributed by atoms with Crippen LogP contribution < -0.4 is 5.32 Å². The second-order valence-electron chi connectivity index (χ2n) is 9.21. The molecule has 3 nitrogen and oxygen atoms in total. The van der Waals surface area contributed by atoms with E-state index in [1.807, 2.05) is 24.4 Å². The van der Waals surface area contributed by atoms with E-state index in [1.54, 1.807) is 6.07 Å². The Morgan fingerprint density at radius 3 is 2.21 bits per heavy atom. The van der Waals surface area contributed by atoms with E-state index in [-0.39, 0.29) is 5.91 Å². The highest BCUT2D eigenvalue weighted by molar-refractivity contribution is 7.80. The Hall–Kier alpha value is -2.46. The molecule has 2 N–H and O–H groups in total. The average molecular weight is 479 g/mol. The molecule has 0 saturated carbocycles. The minimum atomic E-state index is -0.0784. The van der Waals surface area contributed by atoms with E-state index in [4.69, 9.17) is 0 Å². The van der Waals surface area contributed by atoms with Crippen molar-refractivity contribution in [3.05, 3.63) is 88.8 Å². The Morgan fingerprint density at radius 1 is 0.853 bits per heavy atom. The van der Waals surface area contributed by atoms with Gasteiger partial charge >= 0.3 is 0 Å². The molecule has 1 amide bonds. The molecule has 0 aliphatic carbocycles. The van der Waals surface area contributed by atoms with Crippen LogP contribution >= 0.6 is 12.6 Å². The van der Waals surface area contributed by atoms with Gasteiger partial charge in [0, 0.05) is 23.3 Å². The minimum Gasteiger partial charge on any atom is -0.365 e. The molecular formula is C30H42N2OS. The molecule has 2 rings (SSSR count). The number of carbonyl (C=O) groups is 1.